The maximum absolute atomic E-state index is 12.9. The first-order valence-corrected chi connectivity index (χ1v) is 6.07. The largest absolute Gasteiger partial charge is 0.493 e. The Bertz CT molecular complexity index is 413. The van der Waals surface area contributed by atoms with Crippen molar-refractivity contribution in [1.29, 1.82) is 0 Å². The Labute approximate surface area is 104 Å². The lowest BCUT2D eigenvalue weighted by molar-refractivity contribution is -0.139. The van der Waals surface area contributed by atoms with Crippen LogP contribution in [0.25, 0.3) is 0 Å². The summed E-state index contributed by atoms with van der Waals surface area (Å²) in [5, 5.41) is 3.19. The van der Waals surface area contributed by atoms with Crippen molar-refractivity contribution in [2.24, 2.45) is 0 Å². The third-order valence-electron chi connectivity index (χ3n) is 2.82. The van der Waals surface area contributed by atoms with Gasteiger partial charge in [0.15, 0.2) is 0 Å². The summed E-state index contributed by atoms with van der Waals surface area (Å²) in [6, 6.07) is 4.72. The second-order valence-electron chi connectivity index (χ2n) is 4.42. The zero-order valence-corrected chi connectivity index (χ0v) is 10.2. The molecule has 1 aliphatic rings. The van der Waals surface area contributed by atoms with Gasteiger partial charge in [-0.1, -0.05) is 6.07 Å². The quantitative estimate of drug-likeness (QED) is 0.875. The van der Waals surface area contributed by atoms with Gasteiger partial charge in [-0.25, -0.2) is 0 Å². The van der Waals surface area contributed by atoms with Crippen LogP contribution >= 0.6 is 0 Å². The summed E-state index contributed by atoms with van der Waals surface area (Å²) in [6.07, 6.45) is -2.15. The van der Waals surface area contributed by atoms with Crippen LogP contribution in [-0.2, 0) is 12.7 Å². The molecule has 5 heteroatoms. The van der Waals surface area contributed by atoms with E-state index in [1.165, 1.54) is 12.1 Å². The van der Waals surface area contributed by atoms with Gasteiger partial charge in [0.1, 0.15) is 5.75 Å². The van der Waals surface area contributed by atoms with E-state index in [1.807, 2.05) is 0 Å². The van der Waals surface area contributed by atoms with Crippen molar-refractivity contribution in [2.75, 3.05) is 6.61 Å². The highest BCUT2D eigenvalue weighted by atomic mass is 19.4. The van der Waals surface area contributed by atoms with Gasteiger partial charge in [-0.3, -0.25) is 0 Å². The molecule has 0 bridgehead atoms. The molecule has 0 spiro atoms. The van der Waals surface area contributed by atoms with Gasteiger partial charge in [-0.05, 0) is 37.5 Å². The number of halogens is 3. The number of rotatable bonds is 5. The van der Waals surface area contributed by atoms with Crippen molar-refractivity contribution in [2.45, 2.75) is 38.5 Å². The van der Waals surface area contributed by atoms with E-state index in [1.54, 1.807) is 13.0 Å². The molecule has 1 aromatic rings. The number of benzene rings is 1. The Kier molecular flexibility index (Phi) is 3.80. The van der Waals surface area contributed by atoms with Gasteiger partial charge in [-0.15, -0.1) is 0 Å². The molecule has 1 aliphatic carbocycles. The first-order chi connectivity index (χ1) is 8.50. The highest BCUT2D eigenvalue weighted by molar-refractivity contribution is 5.39. The fraction of sp³-hybridized carbons (Fsp3) is 0.538. The molecular formula is C13H16F3NO. The summed E-state index contributed by atoms with van der Waals surface area (Å²) in [5.41, 5.74) is -0.0582. The fourth-order valence-electron chi connectivity index (χ4n) is 1.74. The Hall–Kier alpha value is -1.23. The smallest absolute Gasteiger partial charge is 0.419 e. The lowest BCUT2D eigenvalue weighted by atomic mass is 10.1. The van der Waals surface area contributed by atoms with E-state index in [-0.39, 0.29) is 12.4 Å². The second-order valence-corrected chi connectivity index (χ2v) is 4.42. The molecule has 2 rings (SSSR count). The molecule has 0 radical (unpaired) electrons. The van der Waals surface area contributed by atoms with Crippen LogP contribution in [0.15, 0.2) is 18.2 Å². The molecule has 1 fully saturated rings. The van der Waals surface area contributed by atoms with Crippen molar-refractivity contribution in [3.05, 3.63) is 29.3 Å². The summed E-state index contributed by atoms with van der Waals surface area (Å²) in [5.74, 6) is -0.0971. The minimum atomic E-state index is -4.37. The fourth-order valence-corrected chi connectivity index (χ4v) is 1.74. The summed E-state index contributed by atoms with van der Waals surface area (Å²) >= 11 is 0. The van der Waals surface area contributed by atoms with E-state index < -0.39 is 11.7 Å². The van der Waals surface area contributed by atoms with Crippen LogP contribution in [0.4, 0.5) is 13.2 Å². The molecule has 0 unspecified atom stereocenters. The molecule has 0 amide bonds. The molecule has 2 nitrogen and oxygen atoms in total. The number of nitrogens with one attached hydrogen (secondary N) is 1. The van der Waals surface area contributed by atoms with Gasteiger partial charge in [0.05, 0.1) is 12.2 Å². The molecule has 1 saturated carbocycles. The van der Waals surface area contributed by atoms with Crippen LogP contribution in [0, 0.1) is 0 Å². The number of hydrogen-bond donors (Lipinski definition) is 1. The van der Waals surface area contributed by atoms with Crippen molar-refractivity contribution in [3.63, 3.8) is 0 Å². The van der Waals surface area contributed by atoms with Crippen molar-refractivity contribution in [1.82, 2.24) is 5.32 Å². The van der Waals surface area contributed by atoms with Crippen LogP contribution in [-0.4, -0.2) is 12.6 Å². The van der Waals surface area contributed by atoms with Gasteiger partial charge in [-0.2, -0.15) is 13.2 Å². The lowest BCUT2D eigenvalue weighted by Crippen LogP contribution is -2.16. The Morgan fingerprint density at radius 3 is 2.61 bits per heavy atom. The average molecular weight is 259 g/mol. The molecule has 0 aliphatic heterocycles. The van der Waals surface area contributed by atoms with E-state index in [0.29, 0.717) is 18.2 Å². The topological polar surface area (TPSA) is 21.3 Å². The molecule has 100 valence electrons. The number of hydrogen-bond acceptors (Lipinski definition) is 2. The van der Waals surface area contributed by atoms with Crippen LogP contribution in [0.1, 0.15) is 30.9 Å². The zero-order valence-electron chi connectivity index (χ0n) is 10.2. The van der Waals surface area contributed by atoms with E-state index >= 15 is 0 Å². The second kappa shape index (κ2) is 5.18. The first-order valence-electron chi connectivity index (χ1n) is 6.07. The lowest BCUT2D eigenvalue weighted by Gasteiger charge is -2.14. The molecule has 0 aromatic heterocycles. The van der Waals surface area contributed by atoms with E-state index in [2.05, 4.69) is 5.32 Å². The zero-order chi connectivity index (χ0) is 13.2. The highest BCUT2D eigenvalue weighted by Crippen LogP contribution is 2.37. The molecule has 0 heterocycles. The average Bonchev–Trinajstić information content (AvgIpc) is 3.10. The standard InChI is InChI=1S/C13H16F3NO/c1-2-18-12-6-3-9(8-17-10-4-5-10)7-11(12)13(14,15)16/h3,6-7,10,17H,2,4-5,8H2,1H3. The Morgan fingerprint density at radius 2 is 2.06 bits per heavy atom. The van der Waals surface area contributed by atoms with E-state index in [9.17, 15) is 13.2 Å². The van der Waals surface area contributed by atoms with Gasteiger partial charge in [0.2, 0.25) is 0 Å². The normalized spacial score (nSPS) is 15.8. The van der Waals surface area contributed by atoms with E-state index in [4.69, 9.17) is 4.74 Å². The minimum absolute atomic E-state index is 0.0971. The van der Waals surface area contributed by atoms with Gasteiger partial charge in [0, 0.05) is 12.6 Å². The van der Waals surface area contributed by atoms with Gasteiger partial charge in [0.25, 0.3) is 0 Å². The van der Waals surface area contributed by atoms with Crippen LogP contribution in [0.2, 0.25) is 0 Å². The van der Waals surface area contributed by atoms with Crippen molar-refractivity contribution in [3.8, 4) is 5.75 Å². The maximum atomic E-state index is 12.9. The molecule has 18 heavy (non-hydrogen) atoms. The molecule has 1 aromatic carbocycles. The Balaban J connectivity index is 2.17. The van der Waals surface area contributed by atoms with Crippen LogP contribution < -0.4 is 10.1 Å². The van der Waals surface area contributed by atoms with Crippen molar-refractivity contribution >= 4 is 0 Å². The van der Waals surface area contributed by atoms with Crippen LogP contribution in [0.3, 0.4) is 0 Å². The molecular weight excluding hydrogens is 243 g/mol. The van der Waals surface area contributed by atoms with Crippen molar-refractivity contribution < 1.29 is 17.9 Å². The molecule has 1 N–H and O–H groups in total. The summed E-state index contributed by atoms with van der Waals surface area (Å²) < 4.78 is 43.6. The predicted octanol–water partition coefficient (Wildman–Crippen LogP) is 3.36. The summed E-state index contributed by atoms with van der Waals surface area (Å²) in [7, 11) is 0. The predicted molar refractivity (Wildman–Crippen MR) is 62.5 cm³/mol. The monoisotopic (exact) mass is 259 g/mol. The number of ether oxygens (including phenoxy) is 1. The minimum Gasteiger partial charge on any atom is -0.493 e. The summed E-state index contributed by atoms with van der Waals surface area (Å²) in [4.78, 5) is 0. The third kappa shape index (κ3) is 3.38. The van der Waals surface area contributed by atoms with E-state index in [0.717, 1.165) is 12.8 Å². The maximum Gasteiger partial charge on any atom is 0.419 e. The number of alkyl halides is 3. The van der Waals surface area contributed by atoms with Gasteiger partial charge >= 0.3 is 6.18 Å². The Morgan fingerprint density at radius 1 is 1.33 bits per heavy atom. The summed E-state index contributed by atoms with van der Waals surface area (Å²) in [6.45, 7) is 2.37. The van der Waals surface area contributed by atoms with Gasteiger partial charge < -0.3 is 10.1 Å². The highest BCUT2D eigenvalue weighted by Gasteiger charge is 2.34. The molecule has 0 saturated heterocycles. The SMILES string of the molecule is CCOc1ccc(CNC2CC2)cc1C(F)(F)F. The third-order valence-corrected chi connectivity index (χ3v) is 2.82. The first kappa shape index (κ1) is 13.2. The molecule has 0 atom stereocenters. The van der Waals surface area contributed by atoms with Crippen LogP contribution in [0.5, 0.6) is 5.75 Å².